The van der Waals surface area contributed by atoms with E-state index in [4.69, 9.17) is 11.6 Å². The Labute approximate surface area is 166 Å². The van der Waals surface area contributed by atoms with E-state index in [-0.39, 0.29) is 22.0 Å². The highest BCUT2D eigenvalue weighted by Crippen LogP contribution is 2.23. The molecule has 0 spiro atoms. The summed E-state index contributed by atoms with van der Waals surface area (Å²) in [5.74, 6) is -2.35. The number of fused-ring (bicyclic) bond motifs is 1. The molecular weight excluding hydrogens is 416 g/mol. The average Bonchev–Trinajstić information content (AvgIpc) is 2.66. The first-order valence-corrected chi connectivity index (χ1v) is 8.71. The maximum Gasteiger partial charge on any atom is 0.408 e. The van der Waals surface area contributed by atoms with E-state index in [1.807, 2.05) is 0 Å². The minimum absolute atomic E-state index is 0.0118. The third kappa shape index (κ3) is 4.07. The molecule has 0 aliphatic heterocycles. The van der Waals surface area contributed by atoms with E-state index >= 15 is 0 Å². The van der Waals surface area contributed by atoms with Gasteiger partial charge >= 0.3 is 6.18 Å². The van der Waals surface area contributed by atoms with E-state index in [1.165, 1.54) is 31.3 Å². The summed E-state index contributed by atoms with van der Waals surface area (Å²) in [6, 6.07) is 2.80. The van der Waals surface area contributed by atoms with Crippen molar-refractivity contribution in [3.8, 4) is 5.82 Å². The van der Waals surface area contributed by atoms with Crippen LogP contribution in [-0.2, 0) is 0 Å². The Hall–Kier alpha value is -3.01. The van der Waals surface area contributed by atoms with Gasteiger partial charge in [-0.1, -0.05) is 18.5 Å². The number of aromatic nitrogens is 3. The number of alkyl halides is 3. The summed E-state index contributed by atoms with van der Waals surface area (Å²) in [5.41, 5.74) is -1.58. The lowest BCUT2D eigenvalue weighted by Crippen LogP contribution is -2.46. The molecule has 0 fully saturated rings. The van der Waals surface area contributed by atoms with Gasteiger partial charge in [-0.2, -0.15) is 13.2 Å². The van der Waals surface area contributed by atoms with E-state index in [0.29, 0.717) is 0 Å². The predicted molar refractivity (Wildman–Crippen MR) is 97.7 cm³/mol. The van der Waals surface area contributed by atoms with Crippen LogP contribution in [0.3, 0.4) is 0 Å². The molecule has 1 atom stereocenters. The van der Waals surface area contributed by atoms with Gasteiger partial charge in [0.2, 0.25) is 5.43 Å². The molecule has 0 bridgehead atoms. The fraction of sp³-hybridized carbons (Fsp3) is 0.222. The van der Waals surface area contributed by atoms with Crippen molar-refractivity contribution in [2.75, 3.05) is 0 Å². The van der Waals surface area contributed by atoms with Gasteiger partial charge in [-0.15, -0.1) is 0 Å². The number of pyridine rings is 3. The molecule has 3 heterocycles. The van der Waals surface area contributed by atoms with Crippen LogP contribution in [-0.4, -0.2) is 32.7 Å². The summed E-state index contributed by atoms with van der Waals surface area (Å²) in [7, 11) is 0. The molecule has 3 aromatic heterocycles. The summed E-state index contributed by atoms with van der Waals surface area (Å²) in [5, 5.41) is 1.65. The van der Waals surface area contributed by atoms with Crippen LogP contribution in [0.2, 0.25) is 5.15 Å². The van der Waals surface area contributed by atoms with Gasteiger partial charge in [0, 0.05) is 12.4 Å². The summed E-state index contributed by atoms with van der Waals surface area (Å²) < 4.78 is 54.3. The van der Waals surface area contributed by atoms with Crippen molar-refractivity contribution in [2.45, 2.75) is 25.6 Å². The Morgan fingerprint density at radius 1 is 1.31 bits per heavy atom. The largest absolute Gasteiger partial charge is 0.408 e. The highest BCUT2D eigenvalue weighted by atomic mass is 35.5. The predicted octanol–water partition coefficient (Wildman–Crippen LogP) is 3.64. The number of rotatable bonds is 4. The lowest BCUT2D eigenvalue weighted by Gasteiger charge is -2.20. The summed E-state index contributed by atoms with van der Waals surface area (Å²) in [6.07, 6.45) is -2.95. The first-order valence-electron chi connectivity index (χ1n) is 8.33. The first kappa shape index (κ1) is 20.7. The van der Waals surface area contributed by atoms with Crippen molar-refractivity contribution in [1.82, 2.24) is 19.9 Å². The van der Waals surface area contributed by atoms with Crippen LogP contribution < -0.4 is 10.7 Å². The molecule has 0 aliphatic rings. The number of amides is 1. The third-order valence-electron chi connectivity index (χ3n) is 4.14. The Kier molecular flexibility index (Phi) is 5.56. The average molecular weight is 429 g/mol. The van der Waals surface area contributed by atoms with E-state index in [9.17, 15) is 27.2 Å². The zero-order valence-corrected chi connectivity index (χ0v) is 15.6. The molecule has 29 heavy (non-hydrogen) atoms. The lowest BCUT2D eigenvalue weighted by molar-refractivity contribution is -0.153. The van der Waals surface area contributed by atoms with Gasteiger partial charge in [-0.25, -0.2) is 14.4 Å². The zero-order valence-electron chi connectivity index (χ0n) is 14.8. The fourth-order valence-corrected chi connectivity index (χ4v) is 2.85. The van der Waals surface area contributed by atoms with Gasteiger partial charge in [0.05, 0.1) is 5.39 Å². The SMILES string of the molecule is CCC(NC(=O)c1cn(-c2ncccc2F)c2nc(Cl)ccc2c1=O)C(F)(F)F. The molecule has 0 aromatic carbocycles. The van der Waals surface area contributed by atoms with Crippen molar-refractivity contribution in [1.29, 1.82) is 0 Å². The Balaban J connectivity index is 2.23. The normalized spacial score (nSPS) is 12.8. The topological polar surface area (TPSA) is 76.9 Å². The minimum atomic E-state index is -4.69. The number of halogens is 5. The molecule has 11 heteroatoms. The van der Waals surface area contributed by atoms with Gasteiger partial charge < -0.3 is 5.32 Å². The lowest BCUT2D eigenvalue weighted by atomic mass is 10.1. The van der Waals surface area contributed by atoms with Crippen molar-refractivity contribution < 1.29 is 22.4 Å². The van der Waals surface area contributed by atoms with E-state index in [1.54, 1.807) is 5.32 Å². The Bertz CT molecular complexity index is 1150. The standard InChI is InChI=1S/C18H13ClF4N4O2/c1-2-12(18(21,22)23)25-17(29)10-8-27(16-11(20)4-3-7-24-16)15-9(14(10)28)5-6-13(19)26-15/h3-8,12H,2H2,1H3,(H,25,29). The van der Waals surface area contributed by atoms with Crippen LogP contribution in [0, 0.1) is 5.82 Å². The third-order valence-corrected chi connectivity index (χ3v) is 4.35. The number of carbonyl (C=O) groups is 1. The molecule has 1 amide bonds. The summed E-state index contributed by atoms with van der Waals surface area (Å²) in [4.78, 5) is 33.0. The molecule has 1 unspecified atom stereocenters. The highest BCUT2D eigenvalue weighted by Gasteiger charge is 2.39. The van der Waals surface area contributed by atoms with Gasteiger partial charge in [0.15, 0.2) is 17.3 Å². The molecule has 0 saturated carbocycles. The van der Waals surface area contributed by atoms with Crippen LogP contribution in [0.1, 0.15) is 23.7 Å². The van der Waals surface area contributed by atoms with Crippen LogP contribution in [0.4, 0.5) is 17.6 Å². The van der Waals surface area contributed by atoms with Gasteiger partial charge in [-0.3, -0.25) is 14.2 Å². The second kappa shape index (κ2) is 7.78. The van der Waals surface area contributed by atoms with E-state index < -0.39 is 41.4 Å². The molecular formula is C18H13ClF4N4O2. The van der Waals surface area contributed by atoms with Gasteiger partial charge in [-0.05, 0) is 30.7 Å². The van der Waals surface area contributed by atoms with Gasteiger partial charge in [0.25, 0.3) is 5.91 Å². The molecule has 3 rings (SSSR count). The molecule has 0 saturated heterocycles. The second-order valence-corrected chi connectivity index (χ2v) is 6.42. The molecule has 0 aliphatic carbocycles. The first-order chi connectivity index (χ1) is 13.6. The number of nitrogens with zero attached hydrogens (tertiary/aromatic N) is 3. The number of hydrogen-bond donors (Lipinski definition) is 1. The van der Waals surface area contributed by atoms with Crippen LogP contribution in [0.25, 0.3) is 16.9 Å². The fourth-order valence-electron chi connectivity index (χ4n) is 2.71. The summed E-state index contributed by atoms with van der Waals surface area (Å²) in [6.45, 7) is 1.24. The second-order valence-electron chi connectivity index (χ2n) is 6.03. The van der Waals surface area contributed by atoms with Gasteiger partial charge in [0.1, 0.15) is 16.8 Å². The van der Waals surface area contributed by atoms with Crippen LogP contribution in [0.5, 0.6) is 0 Å². The summed E-state index contributed by atoms with van der Waals surface area (Å²) >= 11 is 5.87. The Morgan fingerprint density at radius 3 is 2.66 bits per heavy atom. The number of carbonyl (C=O) groups excluding carboxylic acids is 1. The van der Waals surface area contributed by atoms with Crippen LogP contribution in [0.15, 0.2) is 41.5 Å². The maximum absolute atomic E-state index is 14.3. The molecule has 152 valence electrons. The monoisotopic (exact) mass is 428 g/mol. The quantitative estimate of drug-likeness (QED) is 0.508. The van der Waals surface area contributed by atoms with Crippen molar-refractivity contribution >= 4 is 28.5 Å². The molecule has 3 aromatic rings. The smallest absolute Gasteiger partial charge is 0.340 e. The van der Waals surface area contributed by atoms with Crippen LogP contribution >= 0.6 is 11.6 Å². The van der Waals surface area contributed by atoms with Crippen molar-refractivity contribution in [2.24, 2.45) is 0 Å². The highest BCUT2D eigenvalue weighted by molar-refractivity contribution is 6.29. The minimum Gasteiger partial charge on any atom is -0.340 e. The number of hydrogen-bond acceptors (Lipinski definition) is 4. The maximum atomic E-state index is 14.3. The Morgan fingerprint density at radius 2 is 2.03 bits per heavy atom. The van der Waals surface area contributed by atoms with Crippen molar-refractivity contribution in [3.63, 3.8) is 0 Å². The number of nitrogens with one attached hydrogen (secondary N) is 1. The molecule has 6 nitrogen and oxygen atoms in total. The molecule has 1 N–H and O–H groups in total. The zero-order chi connectivity index (χ0) is 21.3. The van der Waals surface area contributed by atoms with Crippen molar-refractivity contribution in [3.05, 3.63) is 63.4 Å². The van der Waals surface area contributed by atoms with E-state index in [2.05, 4.69) is 9.97 Å². The van der Waals surface area contributed by atoms with E-state index in [0.717, 1.165) is 16.8 Å². The molecule has 0 radical (unpaired) electrons.